The molecule has 0 bridgehead atoms. The SMILES string of the molecule is Cc1ccc(N(CC(=O)N2CCC(C)CC2)S(=O)(=O)c2ccccc2)cc1. The van der Waals surface area contributed by atoms with Crippen molar-refractivity contribution >= 4 is 21.6 Å². The van der Waals surface area contributed by atoms with E-state index >= 15 is 0 Å². The Labute approximate surface area is 161 Å². The third-order valence-corrected chi connectivity index (χ3v) is 6.86. The standard InChI is InChI=1S/C21H26N2O3S/c1-17-8-10-19(11-9-17)23(27(25,26)20-6-4-3-5-7-20)16-21(24)22-14-12-18(2)13-15-22/h3-11,18H,12-16H2,1-2H3. The normalized spacial score (nSPS) is 15.6. The van der Waals surface area contributed by atoms with Gasteiger partial charge < -0.3 is 4.90 Å². The molecule has 1 saturated heterocycles. The highest BCUT2D eigenvalue weighted by atomic mass is 32.2. The summed E-state index contributed by atoms with van der Waals surface area (Å²) in [7, 11) is -3.83. The summed E-state index contributed by atoms with van der Waals surface area (Å²) in [6.45, 7) is 5.31. The third-order valence-electron chi connectivity index (χ3n) is 5.07. The van der Waals surface area contributed by atoms with Gasteiger partial charge in [-0.3, -0.25) is 9.10 Å². The quantitative estimate of drug-likeness (QED) is 0.791. The number of rotatable bonds is 5. The maximum absolute atomic E-state index is 13.2. The van der Waals surface area contributed by atoms with Crippen LogP contribution in [0, 0.1) is 12.8 Å². The van der Waals surface area contributed by atoms with Gasteiger partial charge in [0.15, 0.2) is 0 Å². The Hall–Kier alpha value is -2.34. The van der Waals surface area contributed by atoms with Gasteiger partial charge in [-0.1, -0.05) is 42.8 Å². The molecule has 1 aliphatic heterocycles. The van der Waals surface area contributed by atoms with Crippen molar-refractivity contribution in [3.8, 4) is 0 Å². The molecule has 144 valence electrons. The zero-order valence-electron chi connectivity index (χ0n) is 15.8. The first-order chi connectivity index (χ1) is 12.9. The van der Waals surface area contributed by atoms with Crippen LogP contribution in [0.25, 0.3) is 0 Å². The van der Waals surface area contributed by atoms with Gasteiger partial charge in [0.25, 0.3) is 10.0 Å². The van der Waals surface area contributed by atoms with Crippen molar-refractivity contribution < 1.29 is 13.2 Å². The number of hydrogen-bond donors (Lipinski definition) is 0. The van der Waals surface area contributed by atoms with Crippen LogP contribution in [0.1, 0.15) is 25.3 Å². The van der Waals surface area contributed by atoms with Gasteiger partial charge in [0.05, 0.1) is 10.6 Å². The molecule has 0 aliphatic carbocycles. The number of sulfonamides is 1. The molecule has 0 spiro atoms. The molecule has 0 unspecified atom stereocenters. The van der Waals surface area contributed by atoms with E-state index in [2.05, 4.69) is 6.92 Å². The topological polar surface area (TPSA) is 57.7 Å². The second-order valence-electron chi connectivity index (χ2n) is 7.22. The molecule has 1 amide bonds. The largest absolute Gasteiger partial charge is 0.341 e. The molecule has 1 fully saturated rings. The number of piperidine rings is 1. The molecular formula is C21H26N2O3S. The van der Waals surface area contributed by atoms with Crippen molar-refractivity contribution in [2.45, 2.75) is 31.6 Å². The van der Waals surface area contributed by atoms with E-state index in [9.17, 15) is 13.2 Å². The Bertz CT molecular complexity index is 871. The number of hydrogen-bond acceptors (Lipinski definition) is 3. The summed E-state index contributed by atoms with van der Waals surface area (Å²) in [5.41, 5.74) is 1.54. The summed E-state index contributed by atoms with van der Waals surface area (Å²) in [5, 5.41) is 0. The van der Waals surface area contributed by atoms with Crippen molar-refractivity contribution in [1.82, 2.24) is 4.90 Å². The highest BCUT2D eigenvalue weighted by Gasteiger charge is 2.29. The molecule has 0 saturated carbocycles. The summed E-state index contributed by atoms with van der Waals surface area (Å²) in [5.74, 6) is 0.456. The van der Waals surface area contributed by atoms with Crippen LogP contribution in [0.5, 0.6) is 0 Å². The summed E-state index contributed by atoms with van der Waals surface area (Å²) in [4.78, 5) is 14.8. The monoisotopic (exact) mass is 386 g/mol. The molecular weight excluding hydrogens is 360 g/mol. The van der Waals surface area contributed by atoms with Gasteiger partial charge in [-0.2, -0.15) is 0 Å². The van der Waals surface area contributed by atoms with Crippen molar-refractivity contribution in [3.05, 3.63) is 60.2 Å². The Balaban J connectivity index is 1.91. The lowest BCUT2D eigenvalue weighted by atomic mass is 9.99. The summed E-state index contributed by atoms with van der Waals surface area (Å²) < 4.78 is 27.7. The fourth-order valence-corrected chi connectivity index (χ4v) is 4.66. The second-order valence-corrected chi connectivity index (χ2v) is 9.09. The first-order valence-electron chi connectivity index (χ1n) is 9.30. The van der Waals surface area contributed by atoms with E-state index in [1.807, 2.05) is 19.1 Å². The molecule has 2 aromatic carbocycles. The van der Waals surface area contributed by atoms with Crippen LogP contribution in [0.2, 0.25) is 0 Å². The average Bonchev–Trinajstić information content (AvgIpc) is 2.68. The molecule has 0 N–H and O–H groups in total. The summed E-state index contributed by atoms with van der Waals surface area (Å²) in [6, 6.07) is 15.5. The zero-order chi connectivity index (χ0) is 19.4. The number of anilines is 1. The average molecular weight is 387 g/mol. The Morgan fingerprint density at radius 1 is 1.04 bits per heavy atom. The van der Waals surface area contributed by atoms with E-state index < -0.39 is 10.0 Å². The molecule has 0 radical (unpaired) electrons. The fraction of sp³-hybridized carbons (Fsp3) is 0.381. The Morgan fingerprint density at radius 3 is 2.22 bits per heavy atom. The first kappa shape index (κ1) is 19.4. The zero-order valence-corrected chi connectivity index (χ0v) is 16.7. The second kappa shape index (κ2) is 8.13. The van der Waals surface area contributed by atoms with Gasteiger partial charge in [-0.05, 0) is 49.9 Å². The minimum absolute atomic E-state index is 0.151. The van der Waals surface area contributed by atoms with Crippen molar-refractivity contribution in [1.29, 1.82) is 0 Å². The van der Waals surface area contributed by atoms with Crippen molar-refractivity contribution in [2.24, 2.45) is 5.92 Å². The molecule has 1 aliphatic rings. The minimum atomic E-state index is -3.83. The predicted octanol–water partition coefficient (Wildman–Crippen LogP) is 3.45. The third kappa shape index (κ3) is 4.50. The maximum Gasteiger partial charge on any atom is 0.264 e. The number of carbonyl (C=O) groups excluding carboxylic acids is 1. The molecule has 27 heavy (non-hydrogen) atoms. The van der Waals surface area contributed by atoms with Crippen LogP contribution >= 0.6 is 0 Å². The number of benzene rings is 2. The molecule has 5 nitrogen and oxygen atoms in total. The highest BCUT2D eigenvalue weighted by molar-refractivity contribution is 7.92. The van der Waals surface area contributed by atoms with E-state index in [1.165, 1.54) is 4.31 Å². The Morgan fingerprint density at radius 2 is 1.63 bits per heavy atom. The smallest absolute Gasteiger partial charge is 0.264 e. The molecule has 1 heterocycles. The van der Waals surface area contributed by atoms with E-state index in [4.69, 9.17) is 0 Å². The summed E-state index contributed by atoms with van der Waals surface area (Å²) >= 11 is 0. The molecule has 0 atom stereocenters. The van der Waals surface area contributed by atoms with E-state index in [0.717, 1.165) is 18.4 Å². The highest BCUT2D eigenvalue weighted by Crippen LogP contribution is 2.25. The molecule has 2 aromatic rings. The van der Waals surface area contributed by atoms with Crippen LogP contribution in [0.3, 0.4) is 0 Å². The fourth-order valence-electron chi connectivity index (χ4n) is 3.23. The van der Waals surface area contributed by atoms with Gasteiger partial charge >= 0.3 is 0 Å². The van der Waals surface area contributed by atoms with E-state index in [-0.39, 0.29) is 17.3 Å². The van der Waals surface area contributed by atoms with Gasteiger partial charge in [-0.15, -0.1) is 0 Å². The lowest BCUT2D eigenvalue weighted by molar-refractivity contribution is -0.130. The van der Waals surface area contributed by atoms with E-state index in [0.29, 0.717) is 24.7 Å². The first-order valence-corrected chi connectivity index (χ1v) is 10.7. The van der Waals surface area contributed by atoms with E-state index in [1.54, 1.807) is 47.4 Å². The molecule has 0 aromatic heterocycles. The van der Waals surface area contributed by atoms with Crippen LogP contribution in [0.15, 0.2) is 59.5 Å². The number of amides is 1. The van der Waals surface area contributed by atoms with Crippen molar-refractivity contribution in [2.75, 3.05) is 23.9 Å². The molecule has 3 rings (SSSR count). The van der Waals surface area contributed by atoms with Crippen LogP contribution < -0.4 is 4.31 Å². The van der Waals surface area contributed by atoms with Gasteiger partial charge in [0, 0.05) is 13.1 Å². The lowest BCUT2D eigenvalue weighted by Crippen LogP contribution is -2.45. The number of likely N-dealkylation sites (tertiary alicyclic amines) is 1. The van der Waals surface area contributed by atoms with Gasteiger partial charge in [0.2, 0.25) is 5.91 Å². The minimum Gasteiger partial charge on any atom is -0.341 e. The van der Waals surface area contributed by atoms with Gasteiger partial charge in [0.1, 0.15) is 6.54 Å². The molecule has 6 heteroatoms. The number of aryl methyl sites for hydroxylation is 1. The number of nitrogens with zero attached hydrogens (tertiary/aromatic N) is 2. The van der Waals surface area contributed by atoms with Crippen LogP contribution in [0.4, 0.5) is 5.69 Å². The van der Waals surface area contributed by atoms with Crippen LogP contribution in [-0.2, 0) is 14.8 Å². The maximum atomic E-state index is 13.2. The summed E-state index contributed by atoms with van der Waals surface area (Å²) in [6.07, 6.45) is 1.92. The Kier molecular flexibility index (Phi) is 5.85. The lowest BCUT2D eigenvalue weighted by Gasteiger charge is -2.32. The van der Waals surface area contributed by atoms with Crippen molar-refractivity contribution in [3.63, 3.8) is 0 Å². The van der Waals surface area contributed by atoms with Crippen LogP contribution in [-0.4, -0.2) is 38.9 Å². The number of carbonyl (C=O) groups is 1. The predicted molar refractivity (Wildman–Crippen MR) is 107 cm³/mol. The van der Waals surface area contributed by atoms with Gasteiger partial charge in [-0.25, -0.2) is 8.42 Å².